The summed E-state index contributed by atoms with van der Waals surface area (Å²) in [5, 5.41) is 0.956. The van der Waals surface area contributed by atoms with Gasteiger partial charge in [0.05, 0.1) is 6.54 Å². The van der Waals surface area contributed by atoms with Gasteiger partial charge in [0, 0.05) is 23.7 Å². The van der Waals surface area contributed by atoms with Gasteiger partial charge in [-0.3, -0.25) is 9.59 Å². The number of carbonyl (C=O) groups excluding carboxylic acids is 1. The summed E-state index contributed by atoms with van der Waals surface area (Å²) in [4.78, 5) is 28.9. The summed E-state index contributed by atoms with van der Waals surface area (Å²) in [6, 6.07) is 18.5. The molecule has 110 valence electrons. The van der Waals surface area contributed by atoms with Crippen LogP contribution in [0.3, 0.4) is 0 Å². The van der Waals surface area contributed by atoms with Crippen molar-refractivity contribution in [1.29, 1.82) is 0 Å². The number of benzene rings is 2. The number of hydrogen-bond acceptors (Lipinski definition) is 2. The van der Waals surface area contributed by atoms with Crippen LogP contribution in [-0.4, -0.2) is 22.8 Å². The van der Waals surface area contributed by atoms with Crippen LogP contribution in [0, 0.1) is 0 Å². The van der Waals surface area contributed by atoms with Gasteiger partial charge in [0.2, 0.25) is 0 Å². The molecule has 4 heteroatoms. The van der Waals surface area contributed by atoms with Gasteiger partial charge >= 0.3 is 0 Å². The minimum Gasteiger partial charge on any atom is -0.337 e. The van der Waals surface area contributed by atoms with E-state index in [1.54, 1.807) is 24.1 Å². The third kappa shape index (κ3) is 2.76. The molecule has 1 aromatic heterocycles. The maximum absolute atomic E-state index is 12.3. The molecule has 0 fully saturated rings. The Bertz CT molecular complexity index is 869. The number of H-pyrrole nitrogens is 1. The van der Waals surface area contributed by atoms with Gasteiger partial charge in [-0.25, -0.2) is 0 Å². The van der Waals surface area contributed by atoms with Crippen molar-refractivity contribution in [2.45, 2.75) is 6.54 Å². The van der Waals surface area contributed by atoms with Crippen LogP contribution in [0.5, 0.6) is 0 Å². The van der Waals surface area contributed by atoms with Crippen LogP contribution < -0.4 is 5.56 Å². The Morgan fingerprint density at radius 1 is 1.05 bits per heavy atom. The van der Waals surface area contributed by atoms with Crippen molar-refractivity contribution in [2.24, 2.45) is 0 Å². The number of nitrogens with zero attached hydrogens (tertiary/aromatic N) is 1. The Hall–Kier alpha value is -2.88. The average Bonchev–Trinajstić information content (AvgIpc) is 2.55. The van der Waals surface area contributed by atoms with E-state index in [0.717, 1.165) is 10.9 Å². The number of rotatable bonds is 3. The van der Waals surface area contributed by atoms with Crippen molar-refractivity contribution < 1.29 is 4.79 Å². The molecule has 0 saturated carbocycles. The summed E-state index contributed by atoms with van der Waals surface area (Å²) < 4.78 is 0. The van der Waals surface area contributed by atoms with Crippen LogP contribution in [0.2, 0.25) is 0 Å². The zero-order chi connectivity index (χ0) is 15.5. The Balaban J connectivity index is 1.88. The van der Waals surface area contributed by atoms with Crippen molar-refractivity contribution in [3.8, 4) is 0 Å². The smallest absolute Gasteiger partial charge is 0.253 e. The molecular formula is C18H16N2O2. The molecule has 0 radical (unpaired) electrons. The van der Waals surface area contributed by atoms with Crippen molar-refractivity contribution >= 4 is 16.8 Å². The lowest BCUT2D eigenvalue weighted by atomic mass is 10.1. The number of nitrogens with one attached hydrogen (secondary N) is 1. The Morgan fingerprint density at radius 3 is 2.50 bits per heavy atom. The van der Waals surface area contributed by atoms with Crippen LogP contribution in [0.25, 0.3) is 10.9 Å². The fraction of sp³-hybridized carbons (Fsp3) is 0.111. The van der Waals surface area contributed by atoms with Crippen LogP contribution in [0.4, 0.5) is 0 Å². The summed E-state index contributed by atoms with van der Waals surface area (Å²) in [5.41, 5.74) is 1.83. The number of carbonyl (C=O) groups is 1. The molecule has 4 nitrogen and oxygen atoms in total. The second kappa shape index (κ2) is 5.85. The fourth-order valence-electron chi connectivity index (χ4n) is 2.44. The Morgan fingerprint density at radius 2 is 1.73 bits per heavy atom. The van der Waals surface area contributed by atoms with Gasteiger partial charge in [0.25, 0.3) is 11.5 Å². The third-order valence-electron chi connectivity index (χ3n) is 3.61. The molecule has 2 aromatic carbocycles. The predicted octanol–water partition coefficient (Wildman–Crippen LogP) is 2.80. The zero-order valence-corrected chi connectivity index (χ0v) is 12.2. The monoisotopic (exact) mass is 292 g/mol. The minimum absolute atomic E-state index is 0.104. The highest BCUT2D eigenvalue weighted by Gasteiger charge is 2.13. The van der Waals surface area contributed by atoms with Gasteiger partial charge in [0.1, 0.15) is 0 Å². The summed E-state index contributed by atoms with van der Waals surface area (Å²) in [5.74, 6) is -0.104. The molecule has 0 unspecified atom stereocenters. The van der Waals surface area contributed by atoms with E-state index in [1.807, 2.05) is 48.5 Å². The summed E-state index contributed by atoms with van der Waals surface area (Å²) >= 11 is 0. The first-order valence-corrected chi connectivity index (χ1v) is 7.06. The molecule has 0 aliphatic carbocycles. The molecular weight excluding hydrogens is 276 g/mol. The molecule has 3 aromatic rings. The van der Waals surface area contributed by atoms with Crippen molar-refractivity contribution in [3.05, 3.63) is 82.1 Å². The maximum atomic E-state index is 12.3. The molecule has 3 rings (SSSR count). The number of aromatic nitrogens is 1. The molecule has 0 spiro atoms. The number of para-hydroxylation sites is 1. The number of hydrogen-bond donors (Lipinski definition) is 1. The SMILES string of the molecule is CN(Cc1cc2ccccc2[nH]c1=O)C(=O)c1ccccc1. The summed E-state index contributed by atoms with van der Waals surface area (Å²) in [6.07, 6.45) is 0. The third-order valence-corrected chi connectivity index (χ3v) is 3.61. The number of aromatic amines is 1. The van der Waals surface area contributed by atoms with E-state index in [4.69, 9.17) is 0 Å². The Labute approximate surface area is 128 Å². The normalized spacial score (nSPS) is 10.6. The molecule has 1 heterocycles. The molecule has 22 heavy (non-hydrogen) atoms. The molecule has 0 aliphatic heterocycles. The van der Waals surface area contributed by atoms with Gasteiger partial charge < -0.3 is 9.88 Å². The highest BCUT2D eigenvalue weighted by atomic mass is 16.2. The van der Waals surface area contributed by atoms with Crippen molar-refractivity contribution in [2.75, 3.05) is 7.05 Å². The molecule has 0 atom stereocenters. The second-order valence-corrected chi connectivity index (χ2v) is 5.24. The predicted molar refractivity (Wildman–Crippen MR) is 86.8 cm³/mol. The van der Waals surface area contributed by atoms with E-state index in [0.29, 0.717) is 11.1 Å². The van der Waals surface area contributed by atoms with Crippen molar-refractivity contribution in [1.82, 2.24) is 9.88 Å². The van der Waals surface area contributed by atoms with Crippen LogP contribution in [0.15, 0.2) is 65.5 Å². The van der Waals surface area contributed by atoms with Crippen LogP contribution in [-0.2, 0) is 6.54 Å². The zero-order valence-electron chi connectivity index (χ0n) is 12.2. The lowest BCUT2D eigenvalue weighted by Crippen LogP contribution is -2.29. The van der Waals surface area contributed by atoms with Gasteiger partial charge in [-0.15, -0.1) is 0 Å². The van der Waals surface area contributed by atoms with Gasteiger partial charge in [0.15, 0.2) is 0 Å². The largest absolute Gasteiger partial charge is 0.337 e. The Kier molecular flexibility index (Phi) is 3.74. The highest BCUT2D eigenvalue weighted by Crippen LogP contribution is 2.12. The standard InChI is InChI=1S/C18H16N2O2/c1-20(18(22)13-7-3-2-4-8-13)12-15-11-14-9-5-6-10-16(14)19-17(15)21/h2-11H,12H2,1H3,(H,19,21). The molecule has 1 amide bonds. The topological polar surface area (TPSA) is 53.2 Å². The first kappa shape index (κ1) is 14.1. The lowest BCUT2D eigenvalue weighted by Gasteiger charge is -2.17. The van der Waals surface area contributed by atoms with E-state index < -0.39 is 0 Å². The number of fused-ring (bicyclic) bond motifs is 1. The van der Waals surface area contributed by atoms with Crippen molar-refractivity contribution in [3.63, 3.8) is 0 Å². The molecule has 0 aliphatic rings. The average molecular weight is 292 g/mol. The van der Waals surface area contributed by atoms with E-state index in [1.165, 1.54) is 0 Å². The first-order valence-electron chi connectivity index (χ1n) is 7.06. The maximum Gasteiger partial charge on any atom is 0.253 e. The highest BCUT2D eigenvalue weighted by molar-refractivity contribution is 5.94. The second-order valence-electron chi connectivity index (χ2n) is 5.24. The van der Waals surface area contributed by atoms with Gasteiger partial charge in [-0.05, 0) is 29.7 Å². The van der Waals surface area contributed by atoms with Crippen LogP contribution in [0.1, 0.15) is 15.9 Å². The van der Waals surface area contributed by atoms with Gasteiger partial charge in [-0.1, -0.05) is 36.4 Å². The van der Waals surface area contributed by atoms with E-state index >= 15 is 0 Å². The van der Waals surface area contributed by atoms with E-state index in [2.05, 4.69) is 4.98 Å². The first-order chi connectivity index (χ1) is 10.6. The van der Waals surface area contributed by atoms with E-state index in [9.17, 15) is 9.59 Å². The summed E-state index contributed by atoms with van der Waals surface area (Å²) in [6.45, 7) is 0.272. The molecule has 0 bridgehead atoms. The summed E-state index contributed by atoms with van der Waals surface area (Å²) in [7, 11) is 1.70. The van der Waals surface area contributed by atoms with Gasteiger partial charge in [-0.2, -0.15) is 0 Å². The molecule has 1 N–H and O–H groups in total. The van der Waals surface area contributed by atoms with Crippen LogP contribution >= 0.6 is 0 Å². The fourth-order valence-corrected chi connectivity index (χ4v) is 2.44. The molecule has 0 saturated heterocycles. The number of amides is 1. The number of pyridine rings is 1. The lowest BCUT2D eigenvalue weighted by molar-refractivity contribution is 0.0784. The van der Waals surface area contributed by atoms with E-state index in [-0.39, 0.29) is 18.0 Å². The quantitative estimate of drug-likeness (QED) is 0.807. The minimum atomic E-state index is -0.161.